The lowest BCUT2D eigenvalue weighted by Crippen LogP contribution is -2.21. The van der Waals surface area contributed by atoms with Gasteiger partial charge in [-0.05, 0) is 43.1 Å². The van der Waals surface area contributed by atoms with Crippen LogP contribution in [-0.4, -0.2) is 5.88 Å². The zero-order valence-electron chi connectivity index (χ0n) is 10.5. The van der Waals surface area contributed by atoms with Gasteiger partial charge < -0.3 is 0 Å². The summed E-state index contributed by atoms with van der Waals surface area (Å²) in [5, 5.41) is 0. The van der Waals surface area contributed by atoms with Crippen LogP contribution in [0.25, 0.3) is 0 Å². The summed E-state index contributed by atoms with van der Waals surface area (Å²) in [4.78, 5) is 0. The highest BCUT2D eigenvalue weighted by atomic mass is 35.5. The average Bonchev–Trinajstić information content (AvgIpc) is 2.37. The largest absolute Gasteiger partial charge is 0.126 e. The third-order valence-corrected chi connectivity index (χ3v) is 4.37. The van der Waals surface area contributed by atoms with E-state index in [9.17, 15) is 0 Å². The predicted molar refractivity (Wildman–Crippen MR) is 73.1 cm³/mol. The fraction of sp³-hybridized carbons (Fsp3) is 0.600. The Morgan fingerprint density at radius 1 is 1.06 bits per heavy atom. The molecule has 0 unspecified atom stereocenters. The Hall–Kier alpha value is -0.490. The molecule has 0 aromatic heterocycles. The summed E-state index contributed by atoms with van der Waals surface area (Å²) in [6, 6.07) is 10.7. The summed E-state index contributed by atoms with van der Waals surface area (Å²) < 4.78 is 0. The molecule has 0 amide bonds. The van der Waals surface area contributed by atoms with Gasteiger partial charge in [0.1, 0.15) is 0 Å². The van der Waals surface area contributed by atoms with E-state index in [0.29, 0.717) is 5.41 Å². The van der Waals surface area contributed by atoms with Gasteiger partial charge >= 0.3 is 0 Å². The molecular weight excluding hydrogens is 216 g/mol. The quantitative estimate of drug-likeness (QED) is 0.583. The minimum Gasteiger partial charge on any atom is -0.126 e. The van der Waals surface area contributed by atoms with Gasteiger partial charge in [-0.1, -0.05) is 44.2 Å². The summed E-state index contributed by atoms with van der Waals surface area (Å²) in [7, 11) is 0. The molecule has 16 heavy (non-hydrogen) atoms. The fourth-order valence-electron chi connectivity index (χ4n) is 2.17. The lowest BCUT2D eigenvalue weighted by atomic mass is 9.79. The van der Waals surface area contributed by atoms with Crippen molar-refractivity contribution in [3.8, 4) is 0 Å². The summed E-state index contributed by atoms with van der Waals surface area (Å²) in [6.45, 7) is 4.52. The molecule has 1 heteroatoms. The van der Waals surface area contributed by atoms with Gasteiger partial charge in [-0.15, -0.1) is 11.6 Å². The molecule has 0 fully saturated rings. The van der Waals surface area contributed by atoms with Crippen LogP contribution in [0.1, 0.15) is 45.1 Å². The van der Waals surface area contributed by atoms with Crippen LogP contribution >= 0.6 is 11.6 Å². The second-order valence-electron chi connectivity index (χ2n) is 4.68. The van der Waals surface area contributed by atoms with Gasteiger partial charge in [0.25, 0.3) is 0 Å². The van der Waals surface area contributed by atoms with Gasteiger partial charge in [-0.2, -0.15) is 0 Å². The van der Waals surface area contributed by atoms with Crippen LogP contribution in [0.15, 0.2) is 30.3 Å². The van der Waals surface area contributed by atoms with E-state index in [0.717, 1.165) is 5.88 Å². The standard InChI is InChI=1S/C15H23Cl/c1-3-15(4-2,13-16)12-8-11-14-9-6-5-7-10-14/h5-7,9-10H,3-4,8,11-13H2,1-2H3. The van der Waals surface area contributed by atoms with Crippen LogP contribution in [0.3, 0.4) is 0 Å². The molecule has 0 atom stereocenters. The third-order valence-electron chi connectivity index (χ3n) is 3.80. The predicted octanol–water partition coefficient (Wildman–Crippen LogP) is 5.05. The number of halogens is 1. The van der Waals surface area contributed by atoms with Gasteiger partial charge in [0, 0.05) is 5.88 Å². The highest BCUT2D eigenvalue weighted by Gasteiger charge is 2.24. The maximum absolute atomic E-state index is 6.11. The highest BCUT2D eigenvalue weighted by molar-refractivity contribution is 6.18. The Morgan fingerprint density at radius 3 is 2.19 bits per heavy atom. The lowest BCUT2D eigenvalue weighted by Gasteiger charge is -2.29. The van der Waals surface area contributed by atoms with Crippen molar-refractivity contribution >= 4 is 11.6 Å². The van der Waals surface area contributed by atoms with Crippen LogP contribution < -0.4 is 0 Å². The monoisotopic (exact) mass is 238 g/mol. The van der Waals surface area contributed by atoms with Gasteiger partial charge in [0.2, 0.25) is 0 Å². The molecule has 0 bridgehead atoms. The first-order valence-electron chi connectivity index (χ1n) is 6.36. The highest BCUT2D eigenvalue weighted by Crippen LogP contribution is 2.33. The maximum Gasteiger partial charge on any atom is 0.0279 e. The Kier molecular flexibility index (Phi) is 5.90. The summed E-state index contributed by atoms with van der Waals surface area (Å²) in [5.41, 5.74) is 1.81. The smallest absolute Gasteiger partial charge is 0.0279 e. The second kappa shape index (κ2) is 6.96. The van der Waals surface area contributed by atoms with E-state index >= 15 is 0 Å². The maximum atomic E-state index is 6.11. The molecular formula is C15H23Cl. The first-order valence-corrected chi connectivity index (χ1v) is 6.89. The fourth-order valence-corrected chi connectivity index (χ4v) is 2.68. The molecule has 0 nitrogen and oxygen atoms in total. The molecule has 0 aliphatic rings. The van der Waals surface area contributed by atoms with Crippen molar-refractivity contribution in [2.75, 3.05) is 5.88 Å². The van der Waals surface area contributed by atoms with Gasteiger partial charge in [0.05, 0.1) is 0 Å². The lowest BCUT2D eigenvalue weighted by molar-refractivity contribution is 0.271. The van der Waals surface area contributed by atoms with Crippen LogP contribution in [0.5, 0.6) is 0 Å². The number of hydrogen-bond donors (Lipinski definition) is 0. The topological polar surface area (TPSA) is 0 Å². The number of hydrogen-bond acceptors (Lipinski definition) is 0. The van der Waals surface area contributed by atoms with Crippen molar-refractivity contribution in [3.05, 3.63) is 35.9 Å². The molecule has 1 aromatic rings. The van der Waals surface area contributed by atoms with E-state index in [1.165, 1.54) is 37.7 Å². The number of rotatable bonds is 7. The van der Waals surface area contributed by atoms with E-state index in [2.05, 4.69) is 44.2 Å². The SMILES string of the molecule is CCC(CC)(CCl)CCCc1ccccc1. The first kappa shape index (κ1) is 13.6. The minimum absolute atomic E-state index is 0.371. The molecule has 0 radical (unpaired) electrons. The summed E-state index contributed by atoms with van der Waals surface area (Å²) in [6.07, 6.45) is 6.07. The molecule has 0 aliphatic heterocycles. The van der Waals surface area contributed by atoms with Crippen LogP contribution in [0.4, 0.5) is 0 Å². The average molecular weight is 239 g/mol. The van der Waals surface area contributed by atoms with E-state index in [-0.39, 0.29) is 0 Å². The second-order valence-corrected chi connectivity index (χ2v) is 4.95. The van der Waals surface area contributed by atoms with Crippen molar-refractivity contribution < 1.29 is 0 Å². The zero-order valence-corrected chi connectivity index (χ0v) is 11.3. The normalized spacial score (nSPS) is 11.7. The van der Waals surface area contributed by atoms with Gasteiger partial charge in [-0.3, -0.25) is 0 Å². The molecule has 1 aromatic carbocycles. The molecule has 0 N–H and O–H groups in total. The van der Waals surface area contributed by atoms with Crippen molar-refractivity contribution in [2.24, 2.45) is 5.41 Å². The Morgan fingerprint density at radius 2 is 1.69 bits per heavy atom. The van der Waals surface area contributed by atoms with Crippen molar-refractivity contribution in [1.29, 1.82) is 0 Å². The van der Waals surface area contributed by atoms with E-state index < -0.39 is 0 Å². The molecule has 0 saturated heterocycles. The van der Waals surface area contributed by atoms with Crippen LogP contribution in [-0.2, 0) is 6.42 Å². The molecule has 0 spiro atoms. The third kappa shape index (κ3) is 3.83. The van der Waals surface area contributed by atoms with Crippen molar-refractivity contribution in [1.82, 2.24) is 0 Å². The first-order chi connectivity index (χ1) is 7.76. The van der Waals surface area contributed by atoms with Crippen LogP contribution in [0.2, 0.25) is 0 Å². The molecule has 0 heterocycles. The van der Waals surface area contributed by atoms with Gasteiger partial charge in [0.15, 0.2) is 0 Å². The summed E-state index contributed by atoms with van der Waals surface area (Å²) in [5.74, 6) is 0.800. The van der Waals surface area contributed by atoms with Gasteiger partial charge in [-0.25, -0.2) is 0 Å². The van der Waals surface area contributed by atoms with E-state index in [4.69, 9.17) is 11.6 Å². The molecule has 90 valence electrons. The van der Waals surface area contributed by atoms with Crippen molar-refractivity contribution in [3.63, 3.8) is 0 Å². The minimum atomic E-state index is 0.371. The van der Waals surface area contributed by atoms with E-state index in [1.807, 2.05) is 0 Å². The number of alkyl halides is 1. The molecule has 0 aliphatic carbocycles. The Balaban J connectivity index is 2.39. The van der Waals surface area contributed by atoms with E-state index in [1.54, 1.807) is 0 Å². The molecule has 0 saturated carbocycles. The molecule has 1 rings (SSSR count). The van der Waals surface area contributed by atoms with Crippen LogP contribution in [0, 0.1) is 5.41 Å². The number of aryl methyl sites for hydroxylation is 1. The number of benzene rings is 1. The Labute approximate surface area is 105 Å². The van der Waals surface area contributed by atoms with Crippen molar-refractivity contribution in [2.45, 2.75) is 46.0 Å². The summed E-state index contributed by atoms with van der Waals surface area (Å²) >= 11 is 6.11. The zero-order chi connectivity index (χ0) is 11.9. The Bertz CT molecular complexity index is 266.